The van der Waals surface area contributed by atoms with Crippen LogP contribution in [0, 0.1) is 17.8 Å². The number of ketones is 1. The molecule has 0 bridgehead atoms. The highest BCUT2D eigenvalue weighted by Gasteiger charge is 2.31. The second-order valence-corrected chi connectivity index (χ2v) is 11.1. The summed E-state index contributed by atoms with van der Waals surface area (Å²) in [6.07, 6.45) is -0.797. The van der Waals surface area contributed by atoms with E-state index in [0.717, 1.165) is 48.9 Å². The maximum Gasteiger partial charge on any atom is 0.416 e. The van der Waals surface area contributed by atoms with Crippen LogP contribution >= 0.6 is 0 Å². The van der Waals surface area contributed by atoms with E-state index in [2.05, 4.69) is 22.8 Å². The van der Waals surface area contributed by atoms with Crippen LogP contribution in [0.5, 0.6) is 0 Å². The number of urea groups is 1. The maximum absolute atomic E-state index is 12.9. The summed E-state index contributed by atoms with van der Waals surface area (Å²) in [5.41, 5.74) is 4.07. The molecule has 0 fully saturated rings. The fourth-order valence-corrected chi connectivity index (χ4v) is 5.46. The number of hydrogen-bond donors (Lipinski definition) is 3. The van der Waals surface area contributed by atoms with Crippen molar-refractivity contribution in [3.05, 3.63) is 83.4 Å². The monoisotopic (exact) mass is 580 g/mol. The van der Waals surface area contributed by atoms with Crippen molar-refractivity contribution in [2.24, 2.45) is 17.8 Å². The lowest BCUT2D eigenvalue weighted by Crippen LogP contribution is -2.26. The van der Waals surface area contributed by atoms with Crippen LogP contribution in [0.1, 0.15) is 56.2 Å². The first kappa shape index (κ1) is 30.8. The number of carboxylic acid groups (broad SMARTS) is 1. The molecule has 1 aliphatic rings. The average molecular weight is 581 g/mol. The van der Waals surface area contributed by atoms with Gasteiger partial charge >= 0.3 is 18.2 Å². The van der Waals surface area contributed by atoms with E-state index in [-0.39, 0.29) is 29.7 Å². The van der Waals surface area contributed by atoms with Crippen LogP contribution in [0.25, 0.3) is 11.1 Å². The number of halogens is 3. The number of amides is 2. The highest BCUT2D eigenvalue weighted by molar-refractivity contribution is 6.00. The Labute approximate surface area is 243 Å². The summed E-state index contributed by atoms with van der Waals surface area (Å²) in [7, 11) is 0. The molecule has 0 heterocycles. The molecule has 0 aromatic heterocycles. The van der Waals surface area contributed by atoms with Gasteiger partial charge in [0, 0.05) is 24.2 Å². The zero-order chi connectivity index (χ0) is 30.4. The van der Waals surface area contributed by atoms with Gasteiger partial charge in [0.1, 0.15) is 5.78 Å². The molecule has 2 amide bonds. The molecule has 3 atom stereocenters. The predicted molar refractivity (Wildman–Crippen MR) is 156 cm³/mol. The van der Waals surface area contributed by atoms with E-state index in [9.17, 15) is 32.7 Å². The minimum atomic E-state index is -4.50. The van der Waals surface area contributed by atoms with Crippen LogP contribution in [0.2, 0.25) is 0 Å². The van der Waals surface area contributed by atoms with E-state index < -0.39 is 29.7 Å². The van der Waals surface area contributed by atoms with Gasteiger partial charge in [-0.2, -0.15) is 13.2 Å². The number of rotatable bonds is 10. The molecule has 2 unspecified atom stereocenters. The Morgan fingerprint density at radius 3 is 2.29 bits per heavy atom. The number of carboxylic acids is 1. The first-order chi connectivity index (χ1) is 19.9. The van der Waals surface area contributed by atoms with Crippen molar-refractivity contribution >= 4 is 29.2 Å². The summed E-state index contributed by atoms with van der Waals surface area (Å²) >= 11 is 0. The maximum atomic E-state index is 12.9. The highest BCUT2D eigenvalue weighted by atomic mass is 19.4. The van der Waals surface area contributed by atoms with E-state index in [0.29, 0.717) is 12.1 Å². The number of carbonyl (C=O) groups is 3. The molecule has 0 saturated heterocycles. The summed E-state index contributed by atoms with van der Waals surface area (Å²) in [4.78, 5) is 36.6. The Morgan fingerprint density at radius 1 is 0.929 bits per heavy atom. The molecule has 222 valence electrons. The molecule has 9 heteroatoms. The average Bonchev–Trinajstić information content (AvgIpc) is 2.95. The molecule has 42 heavy (non-hydrogen) atoms. The first-order valence-electron chi connectivity index (χ1n) is 14.1. The second-order valence-electron chi connectivity index (χ2n) is 11.1. The van der Waals surface area contributed by atoms with Crippen LogP contribution in [-0.4, -0.2) is 22.9 Å². The topological polar surface area (TPSA) is 95.5 Å². The van der Waals surface area contributed by atoms with Gasteiger partial charge in [0.25, 0.3) is 0 Å². The zero-order valence-corrected chi connectivity index (χ0v) is 23.6. The number of hydrogen-bond acceptors (Lipinski definition) is 3. The van der Waals surface area contributed by atoms with Gasteiger partial charge in [-0.3, -0.25) is 9.59 Å². The summed E-state index contributed by atoms with van der Waals surface area (Å²) in [5.74, 6) is -1.35. The smallest absolute Gasteiger partial charge is 0.416 e. The molecule has 0 spiro atoms. The molecule has 3 aromatic rings. The molecule has 3 N–H and O–H groups in total. The first-order valence-corrected chi connectivity index (χ1v) is 14.1. The van der Waals surface area contributed by atoms with Gasteiger partial charge in [0.15, 0.2) is 0 Å². The molecular weight excluding hydrogens is 545 g/mol. The Balaban J connectivity index is 1.33. The number of Topliss-reactive ketones (excluding diaryl/α,β-unsaturated/α-hetero) is 1. The van der Waals surface area contributed by atoms with Crippen LogP contribution in [0.4, 0.5) is 29.3 Å². The SMILES string of the molecule is CC[C@H](C)C(CC(=O)CC1CCc2cc(-c3ccc(NC(=O)Nc4cccc(C(F)(F)F)c4)cc3)ccc2C1)C(=O)O. The number of anilines is 2. The van der Waals surface area contributed by atoms with Crippen LogP contribution < -0.4 is 10.6 Å². The standard InChI is InChI=1S/C33H35F3N2O4/c1-3-20(2)30(31(40)41)19-29(39)16-21-7-8-25-17-24(10-9-23(25)15-21)22-11-13-27(14-12-22)37-32(42)38-28-6-4-5-26(18-28)33(34,35)36/h4-6,9-14,17-18,20-21,30H,3,7-8,15-16,19H2,1-2H3,(H,40,41)(H2,37,38,42)/t20-,21?,30?/m0/s1. The van der Waals surface area contributed by atoms with Crippen molar-refractivity contribution in [1.82, 2.24) is 0 Å². The van der Waals surface area contributed by atoms with Crippen molar-refractivity contribution < 1.29 is 32.7 Å². The van der Waals surface area contributed by atoms with E-state index in [1.165, 1.54) is 23.3 Å². The number of aliphatic carboxylic acids is 1. The van der Waals surface area contributed by atoms with Crippen molar-refractivity contribution in [3.8, 4) is 11.1 Å². The van der Waals surface area contributed by atoms with Crippen molar-refractivity contribution in [2.45, 2.75) is 58.5 Å². The number of nitrogens with one attached hydrogen (secondary N) is 2. The number of alkyl halides is 3. The summed E-state index contributed by atoms with van der Waals surface area (Å²) in [5, 5.41) is 14.6. The molecule has 3 aromatic carbocycles. The van der Waals surface area contributed by atoms with Crippen molar-refractivity contribution in [1.29, 1.82) is 0 Å². The molecule has 0 radical (unpaired) electrons. The lowest BCUT2D eigenvalue weighted by Gasteiger charge is -2.25. The summed E-state index contributed by atoms with van der Waals surface area (Å²) < 4.78 is 38.8. The van der Waals surface area contributed by atoms with Gasteiger partial charge in [-0.1, -0.05) is 56.7 Å². The summed E-state index contributed by atoms with van der Waals surface area (Å²) in [6.45, 7) is 3.82. The van der Waals surface area contributed by atoms with Gasteiger partial charge in [-0.15, -0.1) is 0 Å². The lowest BCUT2D eigenvalue weighted by atomic mass is 9.79. The largest absolute Gasteiger partial charge is 0.481 e. The zero-order valence-electron chi connectivity index (χ0n) is 23.6. The fraction of sp³-hybridized carbons (Fsp3) is 0.364. The molecular formula is C33H35F3N2O4. The van der Waals surface area contributed by atoms with Gasteiger partial charge in [0.05, 0.1) is 11.5 Å². The van der Waals surface area contributed by atoms with E-state index in [1.54, 1.807) is 12.1 Å². The molecule has 4 rings (SSSR count). The molecule has 0 saturated carbocycles. The Hall–Kier alpha value is -4.14. The van der Waals surface area contributed by atoms with Crippen LogP contribution in [-0.2, 0) is 28.6 Å². The number of fused-ring (bicyclic) bond motifs is 1. The minimum absolute atomic E-state index is 0.0185. The van der Waals surface area contributed by atoms with Crippen molar-refractivity contribution in [2.75, 3.05) is 10.6 Å². The van der Waals surface area contributed by atoms with Crippen LogP contribution in [0.15, 0.2) is 66.7 Å². The lowest BCUT2D eigenvalue weighted by molar-refractivity contribution is -0.145. The third-order valence-corrected chi connectivity index (χ3v) is 8.07. The van der Waals surface area contributed by atoms with Crippen LogP contribution in [0.3, 0.4) is 0 Å². The minimum Gasteiger partial charge on any atom is -0.481 e. The van der Waals surface area contributed by atoms with Gasteiger partial charge in [0.2, 0.25) is 0 Å². The third-order valence-electron chi connectivity index (χ3n) is 8.07. The second kappa shape index (κ2) is 13.2. The van der Waals surface area contributed by atoms with Gasteiger partial charge < -0.3 is 15.7 Å². The van der Waals surface area contributed by atoms with E-state index in [1.807, 2.05) is 32.0 Å². The Morgan fingerprint density at radius 2 is 1.62 bits per heavy atom. The number of aryl methyl sites for hydroxylation is 1. The number of carbonyl (C=O) groups excluding carboxylic acids is 2. The molecule has 1 aliphatic carbocycles. The third kappa shape index (κ3) is 7.99. The fourth-order valence-electron chi connectivity index (χ4n) is 5.46. The van der Waals surface area contributed by atoms with E-state index in [4.69, 9.17) is 0 Å². The molecule has 6 nitrogen and oxygen atoms in total. The Kier molecular flexibility index (Phi) is 9.70. The normalized spacial score (nSPS) is 16.2. The summed E-state index contributed by atoms with van der Waals surface area (Å²) in [6, 6.07) is 17.2. The van der Waals surface area contributed by atoms with Crippen molar-refractivity contribution in [3.63, 3.8) is 0 Å². The van der Waals surface area contributed by atoms with Gasteiger partial charge in [-0.05, 0) is 83.7 Å². The van der Waals surface area contributed by atoms with Gasteiger partial charge in [-0.25, -0.2) is 4.79 Å². The quantitative estimate of drug-likeness (QED) is 0.225. The Bertz CT molecular complexity index is 1440. The van der Waals surface area contributed by atoms with E-state index >= 15 is 0 Å². The predicted octanol–water partition coefficient (Wildman–Crippen LogP) is 8.22. The molecule has 0 aliphatic heterocycles. The highest BCUT2D eigenvalue weighted by Crippen LogP contribution is 2.33. The number of benzene rings is 3.